The summed E-state index contributed by atoms with van der Waals surface area (Å²) in [6.45, 7) is 1.37. The SMILES string of the molecule is O=C(NC1(CBr)CCOCC1)c1cccc2ncccc12. The van der Waals surface area contributed by atoms with Gasteiger partial charge in [-0.25, -0.2) is 0 Å². The Hall–Kier alpha value is -1.46. The smallest absolute Gasteiger partial charge is 0.252 e. The molecule has 1 aliphatic heterocycles. The molecular weight excluding hydrogens is 332 g/mol. The van der Waals surface area contributed by atoms with Gasteiger partial charge < -0.3 is 10.1 Å². The summed E-state index contributed by atoms with van der Waals surface area (Å²) in [7, 11) is 0. The number of alkyl halides is 1. The van der Waals surface area contributed by atoms with Crippen LogP contribution in [-0.4, -0.2) is 35.0 Å². The molecule has 0 atom stereocenters. The first-order chi connectivity index (χ1) is 10.2. The third kappa shape index (κ3) is 2.94. The largest absolute Gasteiger partial charge is 0.381 e. The highest BCUT2D eigenvalue weighted by molar-refractivity contribution is 9.09. The van der Waals surface area contributed by atoms with Crippen LogP contribution in [0, 0.1) is 0 Å². The van der Waals surface area contributed by atoms with E-state index in [1.807, 2.05) is 30.3 Å². The highest BCUT2D eigenvalue weighted by atomic mass is 79.9. The van der Waals surface area contributed by atoms with E-state index in [9.17, 15) is 4.79 Å². The molecule has 5 heteroatoms. The van der Waals surface area contributed by atoms with Crippen LogP contribution < -0.4 is 5.32 Å². The molecule has 1 aliphatic rings. The second kappa shape index (κ2) is 6.12. The molecule has 110 valence electrons. The minimum atomic E-state index is -0.223. The molecule has 1 amide bonds. The molecule has 21 heavy (non-hydrogen) atoms. The van der Waals surface area contributed by atoms with Crippen molar-refractivity contribution in [2.75, 3.05) is 18.5 Å². The van der Waals surface area contributed by atoms with Crippen molar-refractivity contribution in [2.24, 2.45) is 0 Å². The summed E-state index contributed by atoms with van der Waals surface area (Å²) in [5, 5.41) is 4.81. The Labute approximate surface area is 132 Å². The van der Waals surface area contributed by atoms with E-state index in [1.54, 1.807) is 6.20 Å². The van der Waals surface area contributed by atoms with E-state index in [4.69, 9.17) is 4.74 Å². The fraction of sp³-hybridized carbons (Fsp3) is 0.375. The maximum absolute atomic E-state index is 12.7. The number of carbonyl (C=O) groups is 1. The Balaban J connectivity index is 1.90. The van der Waals surface area contributed by atoms with Crippen molar-refractivity contribution in [3.8, 4) is 0 Å². The van der Waals surface area contributed by atoms with Gasteiger partial charge in [0.2, 0.25) is 0 Å². The van der Waals surface area contributed by atoms with E-state index < -0.39 is 0 Å². The Kier molecular flexibility index (Phi) is 4.22. The average molecular weight is 349 g/mol. The molecule has 1 aromatic carbocycles. The minimum Gasteiger partial charge on any atom is -0.381 e. The predicted molar refractivity (Wildman–Crippen MR) is 85.8 cm³/mol. The lowest BCUT2D eigenvalue weighted by Crippen LogP contribution is -2.53. The van der Waals surface area contributed by atoms with Gasteiger partial charge in [-0.05, 0) is 31.0 Å². The normalized spacial score (nSPS) is 17.6. The standard InChI is InChI=1S/C16H17BrN2O2/c17-11-16(6-9-21-10-7-16)19-15(20)13-3-1-5-14-12(13)4-2-8-18-14/h1-5,8H,6-7,9-11H2,(H,19,20). The first-order valence-corrected chi connectivity index (χ1v) is 8.16. The van der Waals surface area contributed by atoms with Crippen molar-refractivity contribution >= 4 is 32.7 Å². The summed E-state index contributed by atoms with van der Waals surface area (Å²) < 4.78 is 5.40. The zero-order chi connectivity index (χ0) is 14.7. The number of hydrogen-bond donors (Lipinski definition) is 1. The second-order valence-electron chi connectivity index (χ2n) is 5.36. The highest BCUT2D eigenvalue weighted by Crippen LogP contribution is 2.25. The number of ether oxygens (including phenoxy) is 1. The third-order valence-electron chi connectivity index (χ3n) is 3.97. The summed E-state index contributed by atoms with van der Waals surface area (Å²) in [4.78, 5) is 17.0. The van der Waals surface area contributed by atoms with Crippen LogP contribution in [0.15, 0.2) is 36.5 Å². The van der Waals surface area contributed by atoms with Gasteiger partial charge in [0.25, 0.3) is 5.91 Å². The van der Waals surface area contributed by atoms with E-state index in [0.29, 0.717) is 18.8 Å². The first kappa shape index (κ1) is 14.5. The number of amides is 1. The van der Waals surface area contributed by atoms with Crippen molar-refractivity contribution in [2.45, 2.75) is 18.4 Å². The fourth-order valence-electron chi connectivity index (χ4n) is 2.66. The number of hydrogen-bond acceptors (Lipinski definition) is 3. The number of pyridine rings is 1. The van der Waals surface area contributed by atoms with Crippen LogP contribution in [0.25, 0.3) is 10.9 Å². The van der Waals surface area contributed by atoms with Gasteiger partial charge in [-0.2, -0.15) is 0 Å². The number of aromatic nitrogens is 1. The summed E-state index contributed by atoms with van der Waals surface area (Å²) in [6, 6.07) is 9.42. The van der Waals surface area contributed by atoms with Crippen molar-refractivity contribution in [1.29, 1.82) is 0 Å². The van der Waals surface area contributed by atoms with Gasteiger partial charge in [0.15, 0.2) is 0 Å². The maximum atomic E-state index is 12.7. The van der Waals surface area contributed by atoms with Crippen molar-refractivity contribution < 1.29 is 9.53 Å². The van der Waals surface area contributed by atoms with Crippen LogP contribution in [0.2, 0.25) is 0 Å². The molecule has 3 rings (SSSR count). The van der Waals surface area contributed by atoms with Crippen LogP contribution in [-0.2, 0) is 4.74 Å². The van der Waals surface area contributed by atoms with Crippen LogP contribution in [0.3, 0.4) is 0 Å². The monoisotopic (exact) mass is 348 g/mol. The van der Waals surface area contributed by atoms with Gasteiger partial charge in [0.05, 0.1) is 11.1 Å². The zero-order valence-corrected chi connectivity index (χ0v) is 13.2. The first-order valence-electron chi connectivity index (χ1n) is 7.04. The Morgan fingerprint density at radius 3 is 2.86 bits per heavy atom. The Morgan fingerprint density at radius 2 is 2.10 bits per heavy atom. The van der Waals surface area contributed by atoms with Crippen LogP contribution in [0.4, 0.5) is 0 Å². The van der Waals surface area contributed by atoms with Gasteiger partial charge in [-0.15, -0.1) is 0 Å². The van der Waals surface area contributed by atoms with Gasteiger partial charge >= 0.3 is 0 Å². The average Bonchev–Trinajstić information content (AvgIpc) is 2.55. The lowest BCUT2D eigenvalue weighted by Gasteiger charge is -2.36. The van der Waals surface area contributed by atoms with Gasteiger partial charge in [0, 0.05) is 35.7 Å². The molecule has 0 bridgehead atoms. The topological polar surface area (TPSA) is 51.2 Å². The van der Waals surface area contributed by atoms with Crippen molar-refractivity contribution in [3.63, 3.8) is 0 Å². The summed E-state index contributed by atoms with van der Waals surface area (Å²) >= 11 is 3.54. The summed E-state index contributed by atoms with van der Waals surface area (Å²) in [6.07, 6.45) is 3.39. The Morgan fingerprint density at radius 1 is 1.29 bits per heavy atom. The lowest BCUT2D eigenvalue weighted by molar-refractivity contribution is 0.0442. The van der Waals surface area contributed by atoms with Crippen LogP contribution >= 0.6 is 15.9 Å². The Bertz CT molecular complexity index is 648. The summed E-state index contributed by atoms with van der Waals surface area (Å²) in [5.41, 5.74) is 1.29. The molecule has 1 aromatic heterocycles. The van der Waals surface area contributed by atoms with Crippen LogP contribution in [0.5, 0.6) is 0 Å². The number of nitrogens with one attached hydrogen (secondary N) is 1. The van der Waals surface area contributed by atoms with Gasteiger partial charge in [-0.1, -0.05) is 28.1 Å². The zero-order valence-electron chi connectivity index (χ0n) is 11.6. The number of carbonyl (C=O) groups excluding carboxylic acids is 1. The lowest BCUT2D eigenvalue weighted by atomic mass is 9.91. The minimum absolute atomic E-state index is 0.0463. The van der Waals surface area contributed by atoms with E-state index in [-0.39, 0.29) is 11.4 Å². The number of halogens is 1. The fourth-order valence-corrected chi connectivity index (χ4v) is 3.36. The van der Waals surface area contributed by atoms with E-state index in [0.717, 1.165) is 29.1 Å². The molecule has 4 nitrogen and oxygen atoms in total. The van der Waals surface area contributed by atoms with E-state index in [2.05, 4.69) is 26.2 Å². The number of fused-ring (bicyclic) bond motifs is 1. The molecule has 0 unspecified atom stereocenters. The second-order valence-corrected chi connectivity index (χ2v) is 5.92. The van der Waals surface area contributed by atoms with Crippen molar-refractivity contribution in [3.05, 3.63) is 42.1 Å². The number of nitrogens with zero attached hydrogens (tertiary/aromatic N) is 1. The van der Waals surface area contributed by atoms with E-state index in [1.165, 1.54) is 0 Å². The molecule has 1 fully saturated rings. The van der Waals surface area contributed by atoms with Gasteiger partial charge in [-0.3, -0.25) is 9.78 Å². The molecule has 0 radical (unpaired) electrons. The summed E-state index contributed by atoms with van der Waals surface area (Å²) in [5.74, 6) is -0.0463. The quantitative estimate of drug-likeness (QED) is 0.867. The molecule has 0 saturated carbocycles. The van der Waals surface area contributed by atoms with Crippen LogP contribution in [0.1, 0.15) is 23.2 Å². The molecule has 1 saturated heterocycles. The highest BCUT2D eigenvalue weighted by Gasteiger charge is 2.33. The van der Waals surface area contributed by atoms with E-state index >= 15 is 0 Å². The molecule has 0 aliphatic carbocycles. The molecular formula is C16H17BrN2O2. The number of rotatable bonds is 3. The molecule has 0 spiro atoms. The molecule has 2 aromatic rings. The predicted octanol–water partition coefficient (Wildman–Crippen LogP) is 2.91. The van der Waals surface area contributed by atoms with Gasteiger partial charge in [0.1, 0.15) is 0 Å². The molecule has 1 N–H and O–H groups in total. The number of benzene rings is 1. The molecule has 2 heterocycles. The van der Waals surface area contributed by atoms with Crippen molar-refractivity contribution in [1.82, 2.24) is 10.3 Å². The third-order valence-corrected chi connectivity index (χ3v) is 5.05. The maximum Gasteiger partial charge on any atom is 0.252 e.